The summed E-state index contributed by atoms with van der Waals surface area (Å²) in [5.74, 6) is -4.97. The monoisotopic (exact) mass is 425 g/mol. The summed E-state index contributed by atoms with van der Waals surface area (Å²) in [7, 11) is 1.19. The zero-order valence-electron chi connectivity index (χ0n) is 12.3. The molecule has 2 atom stereocenters. The highest BCUT2D eigenvalue weighted by atomic mass is 35.5. The Bertz CT molecular complexity index is 807. The van der Waals surface area contributed by atoms with Crippen LogP contribution in [0.3, 0.4) is 0 Å². The van der Waals surface area contributed by atoms with Gasteiger partial charge in [-0.2, -0.15) is 0 Å². The third-order valence-corrected chi connectivity index (χ3v) is 5.64. The number of amides is 2. The molecule has 1 heterocycles. The summed E-state index contributed by atoms with van der Waals surface area (Å²) in [5, 5.41) is -0.725. The lowest BCUT2D eigenvalue weighted by Crippen LogP contribution is -2.33. The van der Waals surface area contributed by atoms with E-state index in [1.165, 1.54) is 7.11 Å². The second-order valence-electron chi connectivity index (χ2n) is 5.29. The Morgan fingerprint density at radius 2 is 1.32 bits per heavy atom. The fourth-order valence-electron chi connectivity index (χ4n) is 2.44. The molecule has 11 heteroatoms. The molecule has 1 aromatic rings. The summed E-state index contributed by atoms with van der Waals surface area (Å²) in [6.45, 7) is 0. The van der Waals surface area contributed by atoms with Crippen LogP contribution in [-0.4, -0.2) is 35.9 Å². The van der Waals surface area contributed by atoms with Gasteiger partial charge in [0, 0.05) is 0 Å². The van der Waals surface area contributed by atoms with Gasteiger partial charge in [0.2, 0.25) is 0 Å². The molecule has 1 aliphatic carbocycles. The molecular formula is C14H7Cl4NO6. The Hall–Kier alpha value is -1.54. The van der Waals surface area contributed by atoms with Gasteiger partial charge in [0.25, 0.3) is 11.8 Å². The van der Waals surface area contributed by atoms with Crippen molar-refractivity contribution < 1.29 is 28.8 Å². The van der Waals surface area contributed by atoms with E-state index >= 15 is 0 Å². The summed E-state index contributed by atoms with van der Waals surface area (Å²) in [6.07, 6.45) is 0.202. The number of halogens is 4. The van der Waals surface area contributed by atoms with Crippen molar-refractivity contribution in [3.8, 4) is 0 Å². The Kier molecular flexibility index (Phi) is 4.61. The van der Waals surface area contributed by atoms with Crippen LogP contribution >= 0.6 is 46.4 Å². The number of esters is 1. The van der Waals surface area contributed by atoms with E-state index < -0.39 is 35.6 Å². The number of fused-ring (bicyclic) bond motifs is 1. The number of rotatable bonds is 3. The van der Waals surface area contributed by atoms with Gasteiger partial charge in [0.05, 0.1) is 50.2 Å². The first kappa shape index (κ1) is 18.3. The van der Waals surface area contributed by atoms with Gasteiger partial charge in [-0.1, -0.05) is 51.5 Å². The molecule has 0 spiro atoms. The zero-order valence-corrected chi connectivity index (χ0v) is 15.3. The molecule has 0 saturated heterocycles. The maximum atomic E-state index is 12.4. The number of hydrogen-bond acceptors (Lipinski definition) is 6. The average Bonchev–Trinajstić information content (AvgIpc) is 3.35. The lowest BCUT2D eigenvalue weighted by molar-refractivity contribution is -0.171. The maximum Gasteiger partial charge on any atom is 0.337 e. The molecule has 2 amide bonds. The predicted octanol–water partition coefficient (Wildman–Crippen LogP) is 3.16. The van der Waals surface area contributed by atoms with Gasteiger partial charge in [0.1, 0.15) is 0 Å². The summed E-state index contributed by atoms with van der Waals surface area (Å²) >= 11 is 23.7. The van der Waals surface area contributed by atoms with E-state index in [4.69, 9.17) is 51.2 Å². The van der Waals surface area contributed by atoms with Crippen LogP contribution < -0.4 is 0 Å². The summed E-state index contributed by atoms with van der Waals surface area (Å²) in [4.78, 5) is 53.0. The van der Waals surface area contributed by atoms with Crippen LogP contribution in [0, 0.1) is 11.8 Å². The smallest absolute Gasteiger partial charge is 0.337 e. The molecule has 0 aromatic heterocycles. The summed E-state index contributed by atoms with van der Waals surface area (Å²) < 4.78 is 4.52. The molecule has 1 aromatic carbocycles. The van der Waals surface area contributed by atoms with Crippen LogP contribution in [0.25, 0.3) is 0 Å². The molecule has 1 aliphatic heterocycles. The highest BCUT2D eigenvalue weighted by Gasteiger charge is 2.53. The zero-order chi connectivity index (χ0) is 18.6. The molecule has 3 rings (SSSR count). The van der Waals surface area contributed by atoms with E-state index in [1.807, 2.05) is 0 Å². The van der Waals surface area contributed by atoms with Crippen LogP contribution in [0.2, 0.25) is 20.1 Å². The van der Waals surface area contributed by atoms with Crippen molar-refractivity contribution in [1.82, 2.24) is 5.06 Å². The Labute approximate surface area is 160 Å². The van der Waals surface area contributed by atoms with Crippen molar-refractivity contribution in [1.29, 1.82) is 0 Å². The van der Waals surface area contributed by atoms with Crippen molar-refractivity contribution in [3.05, 3.63) is 31.2 Å². The molecule has 1 fully saturated rings. The van der Waals surface area contributed by atoms with E-state index in [0.717, 1.165) is 0 Å². The lowest BCUT2D eigenvalue weighted by atomic mass is 10.1. The minimum atomic E-state index is -1.01. The lowest BCUT2D eigenvalue weighted by Gasteiger charge is -2.12. The molecule has 2 unspecified atom stereocenters. The average molecular weight is 427 g/mol. The molecule has 0 N–H and O–H groups in total. The Morgan fingerprint density at radius 3 is 1.76 bits per heavy atom. The first-order chi connectivity index (χ1) is 11.7. The number of ether oxygens (including phenoxy) is 1. The molecule has 1 saturated carbocycles. The van der Waals surface area contributed by atoms with Crippen molar-refractivity contribution in [2.45, 2.75) is 6.42 Å². The van der Waals surface area contributed by atoms with Gasteiger partial charge in [-0.05, 0) is 6.42 Å². The molecule has 2 aliphatic rings. The first-order valence-corrected chi connectivity index (χ1v) is 8.26. The van der Waals surface area contributed by atoms with Crippen LogP contribution in [0.1, 0.15) is 27.1 Å². The molecular weight excluding hydrogens is 420 g/mol. The van der Waals surface area contributed by atoms with Gasteiger partial charge in [-0.25, -0.2) is 4.79 Å². The second-order valence-corrected chi connectivity index (χ2v) is 6.80. The van der Waals surface area contributed by atoms with E-state index in [-0.39, 0.29) is 42.7 Å². The third kappa shape index (κ3) is 2.75. The molecule has 0 bridgehead atoms. The second kappa shape index (κ2) is 6.32. The molecule has 7 nitrogen and oxygen atoms in total. The van der Waals surface area contributed by atoms with E-state index in [2.05, 4.69) is 4.74 Å². The van der Waals surface area contributed by atoms with Crippen molar-refractivity contribution >= 4 is 70.2 Å². The maximum absolute atomic E-state index is 12.4. The molecule has 0 radical (unpaired) electrons. The SMILES string of the molecule is COC(=O)C1CC1C(=O)ON1C(=O)c2c(Cl)c(Cl)c(Cl)c(Cl)c2C1=O. The van der Waals surface area contributed by atoms with Crippen LogP contribution in [0.15, 0.2) is 0 Å². The minimum absolute atomic E-state index is 0.200. The topological polar surface area (TPSA) is 90.0 Å². The van der Waals surface area contributed by atoms with Crippen LogP contribution in [-0.2, 0) is 19.2 Å². The largest absolute Gasteiger partial charge is 0.469 e. The van der Waals surface area contributed by atoms with E-state index in [9.17, 15) is 19.2 Å². The minimum Gasteiger partial charge on any atom is -0.469 e. The number of hydroxylamine groups is 2. The Balaban J connectivity index is 1.87. The molecule has 25 heavy (non-hydrogen) atoms. The number of carbonyl (C=O) groups excluding carboxylic acids is 4. The van der Waals surface area contributed by atoms with Gasteiger partial charge >= 0.3 is 11.9 Å². The third-order valence-electron chi connectivity index (χ3n) is 3.84. The van der Waals surface area contributed by atoms with Gasteiger partial charge < -0.3 is 9.57 Å². The van der Waals surface area contributed by atoms with Crippen molar-refractivity contribution in [3.63, 3.8) is 0 Å². The fourth-order valence-corrected chi connectivity index (χ4v) is 3.45. The summed E-state index contributed by atoms with van der Waals surface area (Å²) in [5.41, 5.74) is -0.613. The number of imide groups is 1. The predicted molar refractivity (Wildman–Crippen MR) is 86.7 cm³/mol. The van der Waals surface area contributed by atoms with E-state index in [0.29, 0.717) is 0 Å². The fraction of sp³-hybridized carbons (Fsp3) is 0.286. The van der Waals surface area contributed by atoms with Crippen LogP contribution in [0.5, 0.6) is 0 Å². The summed E-state index contributed by atoms with van der Waals surface area (Å²) in [6, 6.07) is 0. The number of benzene rings is 1. The number of nitrogens with zero attached hydrogens (tertiary/aromatic N) is 1. The first-order valence-electron chi connectivity index (χ1n) is 6.75. The standard InChI is InChI=1S/C14H7Cl4NO6/c1-24-13(22)3-2-4(3)14(23)25-19-11(20)5-6(12(19)21)8(16)10(18)9(17)7(5)15/h3-4H,2H2,1H3. The number of hydrogen-bond donors (Lipinski definition) is 0. The van der Waals surface area contributed by atoms with Crippen molar-refractivity contribution in [2.75, 3.05) is 7.11 Å². The highest BCUT2D eigenvalue weighted by Crippen LogP contribution is 2.46. The van der Waals surface area contributed by atoms with Crippen LogP contribution in [0.4, 0.5) is 0 Å². The van der Waals surface area contributed by atoms with Gasteiger partial charge in [-0.15, -0.1) is 0 Å². The normalized spacial score (nSPS) is 21.2. The Morgan fingerprint density at radius 1 is 0.880 bits per heavy atom. The highest BCUT2D eigenvalue weighted by molar-refractivity contribution is 6.55. The molecule has 132 valence electrons. The quantitative estimate of drug-likeness (QED) is 0.319. The number of methoxy groups -OCH3 is 1. The van der Waals surface area contributed by atoms with E-state index in [1.54, 1.807) is 0 Å². The van der Waals surface area contributed by atoms with Gasteiger partial charge in [-0.3, -0.25) is 14.4 Å². The van der Waals surface area contributed by atoms with Gasteiger partial charge in [0.15, 0.2) is 0 Å². The number of carbonyl (C=O) groups is 4. The van der Waals surface area contributed by atoms with Crippen molar-refractivity contribution in [2.24, 2.45) is 11.8 Å².